The summed E-state index contributed by atoms with van der Waals surface area (Å²) in [6, 6.07) is 8.67. The molecule has 15 heavy (non-hydrogen) atoms. The second kappa shape index (κ2) is 5.66. The Labute approximate surface area is 91.7 Å². The zero-order valence-electron chi connectivity index (χ0n) is 8.84. The van der Waals surface area contributed by atoms with Crippen molar-refractivity contribution in [3.8, 4) is 0 Å². The molecule has 4 heteroatoms. The van der Waals surface area contributed by atoms with E-state index in [-0.39, 0.29) is 5.92 Å². The standard InChI is InChI=1S/C11H14NO2S/c1-9(2)8-15(14)12-11(13)10-6-4-3-5-7-10/h3-7,9H,8H2,1-2H3/q-1. The number of hydrogen-bond donors (Lipinski definition) is 0. The molecule has 0 heterocycles. The second-order valence-electron chi connectivity index (χ2n) is 3.64. The van der Waals surface area contributed by atoms with Crippen molar-refractivity contribution in [2.75, 3.05) is 5.75 Å². The van der Waals surface area contributed by atoms with E-state index in [1.165, 1.54) is 0 Å². The molecule has 0 unspecified atom stereocenters. The first-order valence-electron chi connectivity index (χ1n) is 4.79. The lowest BCUT2D eigenvalue weighted by atomic mass is 10.2. The van der Waals surface area contributed by atoms with Gasteiger partial charge in [0, 0.05) is 5.56 Å². The van der Waals surface area contributed by atoms with Gasteiger partial charge in [0.15, 0.2) is 0 Å². The van der Waals surface area contributed by atoms with Crippen molar-refractivity contribution in [1.82, 2.24) is 0 Å². The van der Waals surface area contributed by atoms with E-state index in [0.29, 0.717) is 11.3 Å². The lowest BCUT2D eigenvalue weighted by Crippen LogP contribution is -2.00. The highest BCUT2D eigenvalue weighted by Crippen LogP contribution is 2.02. The van der Waals surface area contributed by atoms with Gasteiger partial charge in [-0.15, -0.1) is 0 Å². The molecule has 0 N–H and O–H groups in total. The monoisotopic (exact) mass is 224 g/mol. The molecule has 0 fully saturated rings. The lowest BCUT2D eigenvalue weighted by Gasteiger charge is -2.06. The normalized spacial score (nSPS) is 13.0. The molecule has 1 rings (SSSR count). The van der Waals surface area contributed by atoms with Crippen molar-refractivity contribution in [3.05, 3.63) is 35.9 Å². The molecule has 3 nitrogen and oxygen atoms in total. The van der Waals surface area contributed by atoms with Gasteiger partial charge in [0.2, 0.25) is 0 Å². The van der Waals surface area contributed by atoms with Crippen LogP contribution in [-0.2, 0) is 14.8 Å². The molecule has 0 saturated heterocycles. The average Bonchev–Trinajstić information content (AvgIpc) is 2.17. The van der Waals surface area contributed by atoms with Gasteiger partial charge in [0.05, 0.1) is 0 Å². The fraction of sp³-hybridized carbons (Fsp3) is 0.364. The van der Waals surface area contributed by atoms with E-state index in [1.54, 1.807) is 24.3 Å². The molecule has 1 aromatic carbocycles. The summed E-state index contributed by atoms with van der Waals surface area (Å²) in [4.78, 5) is 11.5. The van der Waals surface area contributed by atoms with Crippen LogP contribution in [0.15, 0.2) is 34.7 Å². The van der Waals surface area contributed by atoms with Crippen LogP contribution in [0.5, 0.6) is 0 Å². The molecule has 0 bridgehead atoms. The first-order chi connectivity index (χ1) is 7.09. The van der Waals surface area contributed by atoms with E-state index >= 15 is 0 Å². The van der Waals surface area contributed by atoms with Gasteiger partial charge in [-0.2, -0.15) is 10.6 Å². The van der Waals surface area contributed by atoms with Crippen molar-refractivity contribution >= 4 is 16.5 Å². The van der Waals surface area contributed by atoms with Gasteiger partial charge >= 0.3 is 0 Å². The molecule has 82 valence electrons. The molecule has 0 aliphatic heterocycles. The third-order valence-corrected chi connectivity index (χ3v) is 3.00. The Morgan fingerprint density at radius 2 is 1.93 bits per heavy atom. The van der Waals surface area contributed by atoms with Crippen molar-refractivity contribution in [2.24, 2.45) is 10.3 Å². The largest absolute Gasteiger partial charge is 0.444 e. The van der Waals surface area contributed by atoms with Gasteiger partial charge < -0.3 is 8.57 Å². The summed E-state index contributed by atoms with van der Waals surface area (Å²) >= 11 is 0. The Kier molecular flexibility index (Phi) is 4.49. The third kappa shape index (κ3) is 4.25. The zero-order valence-corrected chi connectivity index (χ0v) is 9.66. The number of amides is 1. The maximum Gasteiger partial charge on any atom is 0.253 e. The van der Waals surface area contributed by atoms with Crippen molar-refractivity contribution in [2.45, 2.75) is 13.8 Å². The number of hydrogen-bond acceptors (Lipinski definition) is 3. The van der Waals surface area contributed by atoms with Gasteiger partial charge in [0.1, 0.15) is 0 Å². The summed E-state index contributed by atoms with van der Waals surface area (Å²) in [5, 5.41) is 0. The van der Waals surface area contributed by atoms with Crippen LogP contribution in [0.1, 0.15) is 24.2 Å². The van der Waals surface area contributed by atoms with Crippen LogP contribution in [0.25, 0.3) is 0 Å². The Balaban J connectivity index is 2.76. The van der Waals surface area contributed by atoms with Crippen LogP contribution in [-0.4, -0.2) is 11.7 Å². The van der Waals surface area contributed by atoms with Crippen molar-refractivity contribution < 1.29 is 9.00 Å². The number of carbonyl (C=O) groups is 1. The van der Waals surface area contributed by atoms with Gasteiger partial charge in [0.25, 0.3) is 5.91 Å². The third-order valence-electron chi connectivity index (χ3n) is 1.68. The van der Waals surface area contributed by atoms with E-state index in [0.717, 1.165) is 0 Å². The van der Waals surface area contributed by atoms with Crippen molar-refractivity contribution in [1.29, 1.82) is 0 Å². The van der Waals surface area contributed by atoms with Crippen LogP contribution in [0.4, 0.5) is 0 Å². The van der Waals surface area contributed by atoms with Crippen LogP contribution in [0, 0.1) is 5.92 Å². The van der Waals surface area contributed by atoms with Crippen LogP contribution < -0.4 is 0 Å². The van der Waals surface area contributed by atoms with E-state index < -0.39 is 16.5 Å². The topological polar surface area (TPSA) is 46.5 Å². The molecule has 1 amide bonds. The molecule has 0 saturated carbocycles. The number of rotatable bonds is 3. The van der Waals surface area contributed by atoms with Crippen LogP contribution >= 0.6 is 0 Å². The van der Waals surface area contributed by atoms with Gasteiger partial charge in [-0.25, -0.2) is 0 Å². The summed E-state index contributed by atoms with van der Waals surface area (Å²) < 4.78 is 15.0. The molecule has 0 aromatic heterocycles. The van der Waals surface area contributed by atoms with E-state index in [2.05, 4.69) is 4.36 Å². The lowest BCUT2D eigenvalue weighted by molar-refractivity contribution is 0.100. The minimum atomic E-state index is -1.41. The minimum absolute atomic E-state index is 0.276. The maximum absolute atomic E-state index is 11.5. The Morgan fingerprint density at radius 1 is 1.33 bits per heavy atom. The SMILES string of the molecule is CC(C)C[S-](=O)=NC(=O)c1ccccc1. The Hall–Kier alpha value is -1.16. The highest BCUT2D eigenvalue weighted by molar-refractivity contribution is 7.75. The van der Waals surface area contributed by atoms with E-state index in [1.807, 2.05) is 19.9 Å². The van der Waals surface area contributed by atoms with E-state index in [4.69, 9.17) is 0 Å². The molecule has 0 aliphatic carbocycles. The fourth-order valence-electron chi connectivity index (χ4n) is 1.05. The number of nitrogens with zero attached hydrogens (tertiary/aromatic N) is 1. The van der Waals surface area contributed by atoms with Gasteiger partial charge in [-0.05, 0) is 12.1 Å². The summed E-state index contributed by atoms with van der Waals surface area (Å²) in [5.74, 6) is 0.297. The van der Waals surface area contributed by atoms with Gasteiger partial charge in [-0.1, -0.05) is 43.7 Å². The summed E-state index contributed by atoms with van der Waals surface area (Å²) in [6.07, 6.45) is 0. The molecule has 0 atom stereocenters. The predicted octanol–water partition coefficient (Wildman–Crippen LogP) is 2.63. The molecule has 0 spiro atoms. The summed E-state index contributed by atoms with van der Waals surface area (Å²) in [7, 11) is -1.41. The average molecular weight is 224 g/mol. The van der Waals surface area contributed by atoms with E-state index in [9.17, 15) is 9.00 Å². The van der Waals surface area contributed by atoms with Crippen LogP contribution in [0.3, 0.4) is 0 Å². The smallest absolute Gasteiger partial charge is 0.253 e. The van der Waals surface area contributed by atoms with Gasteiger partial charge in [-0.3, -0.25) is 4.79 Å². The second-order valence-corrected chi connectivity index (χ2v) is 4.80. The maximum atomic E-state index is 11.5. The first kappa shape index (κ1) is 11.9. The molecule has 0 aliphatic rings. The molecular formula is C11H14NO2S-. The Bertz CT molecular complexity index is 406. The molecule has 0 radical (unpaired) electrons. The fourth-order valence-corrected chi connectivity index (χ4v) is 1.98. The summed E-state index contributed by atoms with van der Waals surface area (Å²) in [5.41, 5.74) is 0.481. The highest BCUT2D eigenvalue weighted by atomic mass is 32.2. The zero-order chi connectivity index (χ0) is 11.3. The quantitative estimate of drug-likeness (QED) is 0.741. The number of carbonyl (C=O) groups excluding carboxylic acids is 1. The first-order valence-corrected chi connectivity index (χ1v) is 6.07. The van der Waals surface area contributed by atoms with Crippen molar-refractivity contribution in [3.63, 3.8) is 0 Å². The molecular weight excluding hydrogens is 210 g/mol. The summed E-state index contributed by atoms with van der Waals surface area (Å²) in [6.45, 7) is 3.89. The molecule has 1 aromatic rings. The number of benzene rings is 1. The predicted molar refractivity (Wildman–Crippen MR) is 61.0 cm³/mol. The van der Waals surface area contributed by atoms with Crippen LogP contribution in [0.2, 0.25) is 0 Å². The Morgan fingerprint density at radius 3 is 2.47 bits per heavy atom. The highest BCUT2D eigenvalue weighted by Gasteiger charge is 1.98. The minimum Gasteiger partial charge on any atom is -0.444 e.